The highest BCUT2D eigenvalue weighted by atomic mass is 35.5. The van der Waals surface area contributed by atoms with Crippen molar-refractivity contribution in [3.8, 4) is 5.75 Å². The van der Waals surface area contributed by atoms with Crippen LogP contribution in [-0.2, 0) is 6.42 Å². The van der Waals surface area contributed by atoms with Gasteiger partial charge in [0.1, 0.15) is 5.75 Å². The van der Waals surface area contributed by atoms with Gasteiger partial charge < -0.3 is 5.11 Å². The van der Waals surface area contributed by atoms with E-state index in [0.29, 0.717) is 10.8 Å². The van der Waals surface area contributed by atoms with Gasteiger partial charge in [-0.1, -0.05) is 23.3 Å². The van der Waals surface area contributed by atoms with Gasteiger partial charge in [-0.2, -0.15) is 0 Å². The molecule has 70 valence electrons. The molecular weight excluding hydrogens is 184 g/mol. The quantitative estimate of drug-likeness (QED) is 0.718. The molecule has 0 unspecified atom stereocenters. The molecule has 0 bridgehead atoms. The van der Waals surface area contributed by atoms with Gasteiger partial charge in [-0.3, -0.25) is 0 Å². The maximum absolute atomic E-state index is 9.46. The zero-order valence-corrected chi connectivity index (χ0v) is 8.60. The van der Waals surface area contributed by atoms with Gasteiger partial charge in [-0.15, -0.1) is 0 Å². The van der Waals surface area contributed by atoms with Gasteiger partial charge in [0, 0.05) is 5.02 Å². The van der Waals surface area contributed by atoms with E-state index >= 15 is 0 Å². The molecule has 1 nitrogen and oxygen atoms in total. The van der Waals surface area contributed by atoms with Crippen LogP contribution in [0, 0.1) is 0 Å². The summed E-state index contributed by atoms with van der Waals surface area (Å²) in [6.45, 7) is 4.06. The second-order valence-electron chi connectivity index (χ2n) is 3.26. The van der Waals surface area contributed by atoms with Crippen LogP contribution in [0.4, 0.5) is 0 Å². The second-order valence-corrected chi connectivity index (χ2v) is 3.70. The number of rotatable bonds is 2. The number of hydrogen-bond donors (Lipinski definition) is 1. The Labute approximate surface area is 83.7 Å². The van der Waals surface area contributed by atoms with Crippen LogP contribution in [0.3, 0.4) is 0 Å². The molecule has 1 aromatic carbocycles. The largest absolute Gasteiger partial charge is 0.508 e. The number of halogens is 1. The van der Waals surface area contributed by atoms with E-state index in [-0.39, 0.29) is 0 Å². The van der Waals surface area contributed by atoms with Gasteiger partial charge in [0.25, 0.3) is 0 Å². The zero-order valence-electron chi connectivity index (χ0n) is 7.84. The Kier molecular flexibility index (Phi) is 3.38. The third-order valence-electron chi connectivity index (χ3n) is 1.77. The van der Waals surface area contributed by atoms with E-state index in [4.69, 9.17) is 11.6 Å². The van der Waals surface area contributed by atoms with E-state index in [1.807, 2.05) is 13.8 Å². The van der Waals surface area contributed by atoms with Crippen LogP contribution in [0.2, 0.25) is 5.02 Å². The molecule has 1 rings (SSSR count). The third kappa shape index (κ3) is 3.11. The van der Waals surface area contributed by atoms with E-state index < -0.39 is 0 Å². The molecule has 1 N–H and O–H groups in total. The minimum atomic E-state index is 0.307. The molecule has 0 fully saturated rings. The summed E-state index contributed by atoms with van der Waals surface area (Å²) in [7, 11) is 0. The van der Waals surface area contributed by atoms with Crippen LogP contribution < -0.4 is 0 Å². The van der Waals surface area contributed by atoms with Crippen molar-refractivity contribution < 1.29 is 5.11 Å². The van der Waals surface area contributed by atoms with Crippen LogP contribution >= 0.6 is 11.6 Å². The maximum Gasteiger partial charge on any atom is 0.119 e. The Hall–Kier alpha value is -0.950. The highest BCUT2D eigenvalue weighted by Crippen LogP contribution is 2.22. The topological polar surface area (TPSA) is 20.2 Å². The number of benzene rings is 1. The van der Waals surface area contributed by atoms with Gasteiger partial charge in [-0.25, -0.2) is 0 Å². The molecule has 0 saturated carbocycles. The molecule has 0 amide bonds. The summed E-state index contributed by atoms with van der Waals surface area (Å²) in [5.74, 6) is 0.307. The van der Waals surface area contributed by atoms with Crippen molar-refractivity contribution in [2.24, 2.45) is 0 Å². The molecule has 2 heteroatoms. The first-order valence-electron chi connectivity index (χ1n) is 4.20. The molecule has 0 saturated heterocycles. The van der Waals surface area contributed by atoms with E-state index in [2.05, 4.69) is 6.08 Å². The van der Waals surface area contributed by atoms with E-state index in [1.54, 1.807) is 18.2 Å². The van der Waals surface area contributed by atoms with Crippen molar-refractivity contribution in [1.29, 1.82) is 0 Å². The molecule has 0 radical (unpaired) electrons. The monoisotopic (exact) mass is 196 g/mol. The van der Waals surface area contributed by atoms with Crippen molar-refractivity contribution in [3.63, 3.8) is 0 Å². The molecular formula is C11H13ClO. The van der Waals surface area contributed by atoms with Crippen LogP contribution in [-0.4, -0.2) is 5.11 Å². The Balaban J connectivity index is 2.87. The van der Waals surface area contributed by atoms with Gasteiger partial charge in [0.15, 0.2) is 0 Å². The minimum Gasteiger partial charge on any atom is -0.508 e. The number of allylic oxidation sites excluding steroid dienone is 2. The smallest absolute Gasteiger partial charge is 0.119 e. The molecule has 13 heavy (non-hydrogen) atoms. The fraction of sp³-hybridized carbons (Fsp3) is 0.273. The molecule has 0 aliphatic carbocycles. The standard InChI is InChI=1S/C11H13ClO/c1-8(2)3-4-9-7-10(12)5-6-11(9)13/h3,5-7,13H,4H2,1-2H3. The fourth-order valence-electron chi connectivity index (χ4n) is 1.03. The van der Waals surface area contributed by atoms with Gasteiger partial charge >= 0.3 is 0 Å². The van der Waals surface area contributed by atoms with Crippen LogP contribution in [0.15, 0.2) is 29.8 Å². The normalized spacial score (nSPS) is 9.77. The van der Waals surface area contributed by atoms with Crippen molar-refractivity contribution in [1.82, 2.24) is 0 Å². The van der Waals surface area contributed by atoms with Crippen LogP contribution in [0.5, 0.6) is 5.75 Å². The molecule has 0 aliphatic heterocycles. The molecule has 1 aromatic rings. The molecule has 0 heterocycles. The number of aromatic hydroxyl groups is 1. The second kappa shape index (κ2) is 4.33. The summed E-state index contributed by atoms with van der Waals surface area (Å²) in [6.07, 6.45) is 2.79. The van der Waals surface area contributed by atoms with Gasteiger partial charge in [0.2, 0.25) is 0 Å². The molecule has 0 aliphatic rings. The predicted octanol–water partition coefficient (Wildman–Crippen LogP) is 3.55. The lowest BCUT2D eigenvalue weighted by Gasteiger charge is -2.01. The average molecular weight is 197 g/mol. The Morgan fingerprint density at radius 2 is 2.15 bits per heavy atom. The number of phenolic OH excluding ortho intramolecular Hbond substituents is 1. The summed E-state index contributed by atoms with van der Waals surface area (Å²) in [5.41, 5.74) is 2.10. The molecule has 0 aromatic heterocycles. The maximum atomic E-state index is 9.46. The molecule has 0 spiro atoms. The predicted molar refractivity (Wildman–Crippen MR) is 56.3 cm³/mol. The summed E-state index contributed by atoms with van der Waals surface area (Å²) in [6, 6.07) is 5.09. The minimum absolute atomic E-state index is 0.307. The summed E-state index contributed by atoms with van der Waals surface area (Å²) < 4.78 is 0. The van der Waals surface area contributed by atoms with Gasteiger partial charge in [-0.05, 0) is 44.0 Å². The first-order valence-corrected chi connectivity index (χ1v) is 4.58. The van der Waals surface area contributed by atoms with Crippen LogP contribution in [0.1, 0.15) is 19.4 Å². The Morgan fingerprint density at radius 3 is 2.77 bits per heavy atom. The Morgan fingerprint density at radius 1 is 1.46 bits per heavy atom. The van der Waals surface area contributed by atoms with E-state index in [1.165, 1.54) is 5.57 Å². The van der Waals surface area contributed by atoms with E-state index in [9.17, 15) is 5.11 Å². The highest BCUT2D eigenvalue weighted by molar-refractivity contribution is 6.30. The lowest BCUT2D eigenvalue weighted by molar-refractivity contribution is 0.469. The third-order valence-corrected chi connectivity index (χ3v) is 2.01. The first-order chi connectivity index (χ1) is 6.09. The van der Waals surface area contributed by atoms with Gasteiger partial charge in [0.05, 0.1) is 0 Å². The molecule has 0 atom stereocenters. The van der Waals surface area contributed by atoms with Crippen LogP contribution in [0.25, 0.3) is 0 Å². The summed E-state index contributed by atoms with van der Waals surface area (Å²) >= 11 is 5.80. The lowest BCUT2D eigenvalue weighted by atomic mass is 10.1. The number of hydrogen-bond acceptors (Lipinski definition) is 1. The summed E-state index contributed by atoms with van der Waals surface area (Å²) in [5, 5.41) is 10.1. The SMILES string of the molecule is CC(C)=CCc1cc(Cl)ccc1O. The van der Waals surface area contributed by atoms with Crippen molar-refractivity contribution >= 4 is 11.6 Å². The Bertz CT molecular complexity index is 325. The van der Waals surface area contributed by atoms with E-state index in [0.717, 1.165) is 12.0 Å². The van der Waals surface area contributed by atoms with Crippen molar-refractivity contribution in [2.45, 2.75) is 20.3 Å². The van der Waals surface area contributed by atoms with Crippen molar-refractivity contribution in [3.05, 3.63) is 40.4 Å². The number of phenols is 1. The fourth-order valence-corrected chi connectivity index (χ4v) is 1.23. The first kappa shape index (κ1) is 10.1. The lowest BCUT2D eigenvalue weighted by Crippen LogP contribution is -1.83. The zero-order chi connectivity index (χ0) is 9.84. The summed E-state index contributed by atoms with van der Waals surface area (Å²) in [4.78, 5) is 0. The highest BCUT2D eigenvalue weighted by Gasteiger charge is 1.99. The van der Waals surface area contributed by atoms with Crippen molar-refractivity contribution in [2.75, 3.05) is 0 Å². The average Bonchev–Trinajstić information content (AvgIpc) is 2.06.